The highest BCUT2D eigenvalue weighted by Gasteiger charge is 2.36. The molecule has 3 aromatic heterocycles. The van der Waals surface area contributed by atoms with Crippen LogP contribution in [0.3, 0.4) is 0 Å². The predicted octanol–water partition coefficient (Wildman–Crippen LogP) is 10.3. The second-order valence-corrected chi connectivity index (χ2v) is 15.9. The lowest BCUT2D eigenvalue weighted by Crippen LogP contribution is -2.36. The second-order valence-electron chi connectivity index (χ2n) is 15.0. The van der Waals surface area contributed by atoms with E-state index in [9.17, 15) is 0 Å². The minimum atomic E-state index is 0.0413. The van der Waals surface area contributed by atoms with Gasteiger partial charge in [-0.25, -0.2) is 0 Å². The van der Waals surface area contributed by atoms with Crippen LogP contribution in [0.1, 0.15) is 105 Å². The van der Waals surface area contributed by atoms with Crippen LogP contribution in [-0.2, 0) is 25.7 Å². The highest BCUT2D eigenvalue weighted by Crippen LogP contribution is 2.46. The first-order valence-electron chi connectivity index (χ1n) is 18.7. The molecule has 5 aromatic rings. The monoisotopic (exact) mass is 723 g/mol. The molecule has 262 valence electrons. The van der Waals surface area contributed by atoms with Crippen molar-refractivity contribution in [2.24, 2.45) is 0 Å². The molecule has 4 atom stereocenters. The maximum Gasteiger partial charge on any atom is 0.0968 e. The van der Waals surface area contributed by atoms with Crippen LogP contribution >= 0.6 is 23.2 Å². The van der Waals surface area contributed by atoms with Crippen molar-refractivity contribution in [3.05, 3.63) is 182 Å². The van der Waals surface area contributed by atoms with Crippen LogP contribution in [0.2, 0.25) is 10.0 Å². The number of benzene rings is 2. The molecule has 4 unspecified atom stereocenters. The first kappa shape index (κ1) is 33.4. The molecule has 7 heteroatoms. The third-order valence-electron chi connectivity index (χ3n) is 12.1. The summed E-state index contributed by atoms with van der Waals surface area (Å²) in [6.07, 6.45) is 15.7. The number of rotatable bonds is 4. The number of halogens is 2. The zero-order chi connectivity index (χ0) is 35.3. The van der Waals surface area contributed by atoms with Crippen LogP contribution in [-0.4, -0.2) is 37.8 Å². The van der Waals surface area contributed by atoms with E-state index in [-0.39, 0.29) is 12.1 Å². The highest BCUT2D eigenvalue weighted by molar-refractivity contribution is 6.31. The highest BCUT2D eigenvalue weighted by atomic mass is 35.5. The van der Waals surface area contributed by atoms with Gasteiger partial charge in [0.1, 0.15) is 0 Å². The summed E-state index contributed by atoms with van der Waals surface area (Å²) in [5.74, 6) is 0.741. The van der Waals surface area contributed by atoms with Crippen molar-refractivity contribution in [1.82, 2.24) is 24.8 Å². The fraction of sp³-hybridized carbons (Fsp3) is 0.311. The summed E-state index contributed by atoms with van der Waals surface area (Å²) < 4.78 is 0. The van der Waals surface area contributed by atoms with Crippen molar-refractivity contribution in [1.29, 1.82) is 0 Å². The van der Waals surface area contributed by atoms with Gasteiger partial charge in [0.25, 0.3) is 0 Å². The van der Waals surface area contributed by atoms with E-state index in [2.05, 4.69) is 89.9 Å². The molecule has 5 heterocycles. The number of nitrogens with zero attached hydrogens (tertiary/aromatic N) is 5. The van der Waals surface area contributed by atoms with E-state index in [1.165, 1.54) is 44.5 Å². The van der Waals surface area contributed by atoms with Gasteiger partial charge < -0.3 is 9.80 Å². The number of allylic oxidation sites excluding steroid dienone is 2. The molecule has 0 bridgehead atoms. The average Bonchev–Trinajstić information content (AvgIpc) is 3.42. The topological polar surface area (TPSA) is 45.2 Å². The normalized spacial score (nSPS) is 22.8. The summed E-state index contributed by atoms with van der Waals surface area (Å²) in [6.45, 7) is 11.2. The van der Waals surface area contributed by atoms with Crippen LogP contribution < -0.4 is 0 Å². The number of hydrogen-bond donors (Lipinski definition) is 0. The number of likely N-dealkylation sites (tertiary alicyclic amines) is 2. The van der Waals surface area contributed by atoms with Crippen molar-refractivity contribution in [3.63, 3.8) is 0 Å². The SMILES string of the molecule is C=C1CC(c2cncc(C3CCN(C4c5ccc(Cl)cc5CCc5cccnc54)C(=C)C3)c2)CCN1C1c2ccc(Cl)cc2CCc2cccnc21. The fourth-order valence-electron chi connectivity index (χ4n) is 9.43. The minimum absolute atomic E-state index is 0.0413. The number of piperidine rings is 2. The van der Waals surface area contributed by atoms with Gasteiger partial charge in [-0.1, -0.05) is 66.7 Å². The Balaban J connectivity index is 0.936. The predicted molar refractivity (Wildman–Crippen MR) is 210 cm³/mol. The van der Waals surface area contributed by atoms with Gasteiger partial charge in [0.2, 0.25) is 0 Å². The number of hydrogen-bond acceptors (Lipinski definition) is 5. The summed E-state index contributed by atoms with van der Waals surface area (Å²) in [5.41, 5.74) is 15.1. The molecule has 2 aromatic carbocycles. The van der Waals surface area contributed by atoms with Crippen LogP contribution in [0.5, 0.6) is 0 Å². The molecular formula is C45H43Cl2N5. The second kappa shape index (κ2) is 13.8. The molecule has 52 heavy (non-hydrogen) atoms. The van der Waals surface area contributed by atoms with Crippen molar-refractivity contribution in [2.45, 2.75) is 75.3 Å². The van der Waals surface area contributed by atoms with E-state index < -0.39 is 0 Å². The average molecular weight is 725 g/mol. The molecule has 2 aliphatic heterocycles. The molecule has 0 saturated carbocycles. The lowest BCUT2D eigenvalue weighted by atomic mass is 9.83. The Hall–Kier alpha value is -4.45. The summed E-state index contributed by atoms with van der Waals surface area (Å²) in [6, 6.07) is 23.8. The van der Waals surface area contributed by atoms with E-state index in [4.69, 9.17) is 38.2 Å². The maximum atomic E-state index is 6.49. The first-order chi connectivity index (χ1) is 25.4. The summed E-state index contributed by atoms with van der Waals surface area (Å²) >= 11 is 13.0. The van der Waals surface area contributed by atoms with E-state index >= 15 is 0 Å². The number of fused-ring (bicyclic) bond motifs is 4. The van der Waals surface area contributed by atoms with Crippen molar-refractivity contribution in [2.75, 3.05) is 13.1 Å². The zero-order valence-electron chi connectivity index (χ0n) is 29.4. The van der Waals surface area contributed by atoms with Gasteiger partial charge in [0, 0.05) is 59.3 Å². The first-order valence-corrected chi connectivity index (χ1v) is 19.4. The van der Waals surface area contributed by atoms with Gasteiger partial charge >= 0.3 is 0 Å². The molecule has 2 fully saturated rings. The molecular weight excluding hydrogens is 681 g/mol. The molecule has 2 saturated heterocycles. The van der Waals surface area contributed by atoms with Gasteiger partial charge in [-0.05, 0) is 144 Å². The van der Waals surface area contributed by atoms with Crippen LogP contribution in [0.25, 0.3) is 0 Å². The molecule has 0 spiro atoms. The fourth-order valence-corrected chi connectivity index (χ4v) is 9.81. The Labute approximate surface area is 317 Å². The molecule has 9 rings (SSSR count). The third-order valence-corrected chi connectivity index (χ3v) is 12.5. The molecule has 5 nitrogen and oxygen atoms in total. The Morgan fingerprint density at radius 2 is 1.04 bits per heavy atom. The number of pyridine rings is 3. The van der Waals surface area contributed by atoms with E-state index in [0.29, 0.717) is 11.8 Å². The van der Waals surface area contributed by atoms with Gasteiger partial charge in [0.05, 0.1) is 23.5 Å². The molecule has 0 radical (unpaired) electrons. The summed E-state index contributed by atoms with van der Waals surface area (Å²) in [5, 5.41) is 1.58. The van der Waals surface area contributed by atoms with E-state index in [1.807, 2.05) is 24.5 Å². The quantitative estimate of drug-likeness (QED) is 0.185. The standard InChI is InChI=1S/C45H43Cl2N5/c1-28-21-32(15-19-51(28)44-40-13-11-38(46)24-34(40)9-7-30-5-3-17-49-42(30)44)36-23-37(27-48-26-36)33-16-20-52(29(2)22-33)45-41-14-12-39(47)25-35(41)10-8-31-6-4-18-50-43(31)45/h3-6,11-14,17-18,23-27,32-33,44-45H,1-2,7-10,15-16,19-22H2. The zero-order valence-corrected chi connectivity index (χ0v) is 31.0. The smallest absolute Gasteiger partial charge is 0.0968 e. The van der Waals surface area contributed by atoms with E-state index in [0.717, 1.165) is 97.3 Å². The lowest BCUT2D eigenvalue weighted by Gasteiger charge is -2.42. The Kier molecular flexibility index (Phi) is 8.88. The van der Waals surface area contributed by atoms with Gasteiger partial charge in [-0.3, -0.25) is 15.0 Å². The summed E-state index contributed by atoms with van der Waals surface area (Å²) in [7, 11) is 0. The number of aromatic nitrogens is 3. The van der Waals surface area contributed by atoms with Gasteiger partial charge in [-0.15, -0.1) is 0 Å². The van der Waals surface area contributed by atoms with Gasteiger partial charge in [0.15, 0.2) is 0 Å². The number of aryl methyl sites for hydroxylation is 4. The van der Waals surface area contributed by atoms with Gasteiger partial charge in [-0.2, -0.15) is 0 Å². The molecule has 0 N–H and O–H groups in total. The van der Waals surface area contributed by atoms with Crippen LogP contribution in [0.15, 0.2) is 116 Å². The van der Waals surface area contributed by atoms with Crippen LogP contribution in [0, 0.1) is 0 Å². The Morgan fingerprint density at radius 1 is 0.577 bits per heavy atom. The Bertz CT molecular complexity index is 2040. The third kappa shape index (κ3) is 6.12. The minimum Gasteiger partial charge on any atom is -0.363 e. The maximum absolute atomic E-state index is 6.49. The van der Waals surface area contributed by atoms with Crippen molar-refractivity contribution >= 4 is 23.2 Å². The van der Waals surface area contributed by atoms with Crippen molar-refractivity contribution < 1.29 is 0 Å². The largest absolute Gasteiger partial charge is 0.363 e. The molecule has 4 aliphatic rings. The molecule has 0 amide bonds. The molecule has 2 aliphatic carbocycles. The summed E-state index contributed by atoms with van der Waals surface area (Å²) in [4.78, 5) is 19.8. The lowest BCUT2D eigenvalue weighted by molar-refractivity contribution is 0.226. The van der Waals surface area contributed by atoms with Crippen molar-refractivity contribution in [3.8, 4) is 0 Å². The van der Waals surface area contributed by atoms with Crippen LogP contribution in [0.4, 0.5) is 0 Å². The van der Waals surface area contributed by atoms with E-state index in [1.54, 1.807) is 0 Å². The Morgan fingerprint density at radius 3 is 1.50 bits per heavy atom.